The van der Waals surface area contributed by atoms with Crippen LogP contribution in [0.2, 0.25) is 0 Å². The summed E-state index contributed by atoms with van der Waals surface area (Å²) in [6, 6.07) is 5.01. The minimum absolute atomic E-state index is 0.0206. The van der Waals surface area contributed by atoms with Crippen molar-refractivity contribution in [3.05, 3.63) is 47.8 Å². The van der Waals surface area contributed by atoms with Crippen molar-refractivity contribution < 1.29 is 23.5 Å². The van der Waals surface area contributed by atoms with E-state index in [2.05, 4.69) is 0 Å². The van der Waals surface area contributed by atoms with Gasteiger partial charge < -0.3 is 18.8 Å². The molecular weight excluding hydrogens is 286 g/mol. The molecule has 1 saturated carbocycles. The van der Waals surface area contributed by atoms with Crippen LogP contribution in [0.1, 0.15) is 52.4 Å². The lowest BCUT2D eigenvalue weighted by molar-refractivity contribution is 0.0615. The monoisotopic (exact) mass is 303 g/mol. The number of carbonyl (C=O) groups excluding carboxylic acids is 1. The smallest absolute Gasteiger partial charge is 0.338 e. The Morgan fingerprint density at radius 1 is 1.27 bits per heavy atom. The molecule has 0 aromatic carbocycles. The Balaban J connectivity index is 1.83. The zero-order chi connectivity index (χ0) is 15.5. The first-order valence-corrected chi connectivity index (χ1v) is 7.30. The Bertz CT molecular complexity index is 652. The van der Waals surface area contributed by atoms with Crippen LogP contribution < -0.4 is 0 Å². The summed E-state index contributed by atoms with van der Waals surface area (Å²) in [5, 5.41) is 8.94. The number of aromatic carboxylic acids is 1. The van der Waals surface area contributed by atoms with Gasteiger partial charge in [-0.2, -0.15) is 0 Å². The van der Waals surface area contributed by atoms with E-state index in [1.807, 2.05) is 6.07 Å². The third-order valence-electron chi connectivity index (χ3n) is 3.99. The van der Waals surface area contributed by atoms with Crippen LogP contribution in [0.3, 0.4) is 0 Å². The molecule has 1 N–H and O–H groups in total. The molecule has 3 rings (SSSR count). The average Bonchev–Trinajstić information content (AvgIpc) is 3.24. The van der Waals surface area contributed by atoms with E-state index in [4.69, 9.17) is 13.9 Å². The number of amides is 1. The average molecular weight is 303 g/mol. The second-order valence-electron chi connectivity index (χ2n) is 5.46. The van der Waals surface area contributed by atoms with Crippen molar-refractivity contribution in [1.82, 2.24) is 4.90 Å². The standard InChI is InChI=1S/C16H17NO5/c18-15(14-8-11(10-22-14)16(19)20)17(12-4-1-2-5-12)9-13-6-3-7-21-13/h3,6-8,10,12H,1-2,4-5,9H2,(H,19,20). The maximum absolute atomic E-state index is 12.7. The van der Waals surface area contributed by atoms with Crippen molar-refractivity contribution in [3.63, 3.8) is 0 Å². The van der Waals surface area contributed by atoms with Gasteiger partial charge >= 0.3 is 5.97 Å². The first-order chi connectivity index (χ1) is 10.6. The normalized spacial score (nSPS) is 15.1. The molecule has 1 aliphatic rings. The maximum Gasteiger partial charge on any atom is 0.338 e. The first kappa shape index (κ1) is 14.4. The summed E-state index contributed by atoms with van der Waals surface area (Å²) in [5.41, 5.74) is -0.0206. The van der Waals surface area contributed by atoms with Crippen LogP contribution in [0.4, 0.5) is 0 Å². The van der Waals surface area contributed by atoms with Crippen LogP contribution in [0.15, 0.2) is 39.6 Å². The van der Waals surface area contributed by atoms with Gasteiger partial charge in [-0.05, 0) is 25.0 Å². The van der Waals surface area contributed by atoms with Crippen LogP contribution in [-0.2, 0) is 6.54 Å². The molecule has 0 aliphatic heterocycles. The second-order valence-corrected chi connectivity index (χ2v) is 5.46. The van der Waals surface area contributed by atoms with E-state index in [9.17, 15) is 9.59 Å². The fraction of sp³-hybridized carbons (Fsp3) is 0.375. The molecule has 2 heterocycles. The quantitative estimate of drug-likeness (QED) is 0.917. The number of furan rings is 2. The Morgan fingerprint density at radius 3 is 2.64 bits per heavy atom. The van der Waals surface area contributed by atoms with E-state index in [0.29, 0.717) is 12.3 Å². The van der Waals surface area contributed by atoms with E-state index < -0.39 is 5.97 Å². The highest BCUT2D eigenvalue weighted by molar-refractivity contribution is 5.95. The zero-order valence-electron chi connectivity index (χ0n) is 12.0. The molecule has 6 nitrogen and oxygen atoms in total. The van der Waals surface area contributed by atoms with Crippen molar-refractivity contribution in [2.45, 2.75) is 38.3 Å². The predicted molar refractivity (Wildman–Crippen MR) is 76.5 cm³/mol. The van der Waals surface area contributed by atoms with Crippen LogP contribution >= 0.6 is 0 Å². The summed E-state index contributed by atoms with van der Waals surface area (Å²) < 4.78 is 10.5. The molecule has 2 aromatic rings. The number of carboxylic acid groups (broad SMARTS) is 1. The van der Waals surface area contributed by atoms with E-state index >= 15 is 0 Å². The fourth-order valence-electron chi connectivity index (χ4n) is 2.86. The Hall–Kier alpha value is -2.50. The van der Waals surface area contributed by atoms with Gasteiger partial charge in [0.1, 0.15) is 12.0 Å². The minimum atomic E-state index is -1.11. The van der Waals surface area contributed by atoms with Gasteiger partial charge in [-0.25, -0.2) is 4.79 Å². The minimum Gasteiger partial charge on any atom is -0.478 e. The van der Waals surface area contributed by atoms with Crippen LogP contribution in [0.25, 0.3) is 0 Å². The molecule has 1 fully saturated rings. The van der Waals surface area contributed by atoms with E-state index in [1.165, 1.54) is 6.07 Å². The van der Waals surface area contributed by atoms with Gasteiger partial charge in [-0.3, -0.25) is 4.79 Å². The molecule has 0 bridgehead atoms. The summed E-state index contributed by atoms with van der Waals surface area (Å²) in [6.07, 6.45) is 6.73. The van der Waals surface area contributed by atoms with Crippen molar-refractivity contribution in [2.24, 2.45) is 0 Å². The molecule has 0 radical (unpaired) electrons. The maximum atomic E-state index is 12.7. The zero-order valence-corrected chi connectivity index (χ0v) is 12.0. The summed E-state index contributed by atoms with van der Waals surface area (Å²) >= 11 is 0. The molecule has 2 aromatic heterocycles. The summed E-state index contributed by atoms with van der Waals surface area (Å²) in [7, 11) is 0. The summed E-state index contributed by atoms with van der Waals surface area (Å²) in [5.74, 6) is -0.654. The van der Waals surface area contributed by atoms with Gasteiger partial charge in [0.15, 0.2) is 5.76 Å². The van der Waals surface area contributed by atoms with Crippen LogP contribution in [-0.4, -0.2) is 27.9 Å². The number of hydrogen-bond acceptors (Lipinski definition) is 4. The molecule has 1 aliphatic carbocycles. The molecule has 116 valence electrons. The van der Waals surface area contributed by atoms with Crippen molar-refractivity contribution in [3.8, 4) is 0 Å². The second kappa shape index (κ2) is 6.09. The number of carbonyl (C=O) groups is 2. The molecule has 22 heavy (non-hydrogen) atoms. The van der Waals surface area contributed by atoms with Gasteiger partial charge in [-0.15, -0.1) is 0 Å². The SMILES string of the molecule is O=C(O)c1coc(C(=O)N(Cc2ccco2)C2CCCC2)c1. The predicted octanol–water partition coefficient (Wildman–Crippen LogP) is 3.16. The third-order valence-corrected chi connectivity index (χ3v) is 3.99. The van der Waals surface area contributed by atoms with Crippen molar-refractivity contribution >= 4 is 11.9 Å². The highest BCUT2D eigenvalue weighted by Gasteiger charge is 2.30. The highest BCUT2D eigenvalue weighted by Crippen LogP contribution is 2.27. The number of nitrogens with zero attached hydrogens (tertiary/aromatic N) is 1. The lowest BCUT2D eigenvalue weighted by Crippen LogP contribution is -2.38. The molecule has 0 saturated heterocycles. The number of hydrogen-bond donors (Lipinski definition) is 1. The topological polar surface area (TPSA) is 83.9 Å². The summed E-state index contributed by atoms with van der Waals surface area (Å²) in [6.45, 7) is 0.361. The molecule has 0 atom stereocenters. The Morgan fingerprint density at radius 2 is 2.05 bits per heavy atom. The molecule has 6 heteroatoms. The Kier molecular flexibility index (Phi) is 4.00. The lowest BCUT2D eigenvalue weighted by Gasteiger charge is -2.27. The summed E-state index contributed by atoms with van der Waals surface area (Å²) in [4.78, 5) is 25.3. The van der Waals surface area contributed by atoms with Crippen molar-refractivity contribution in [1.29, 1.82) is 0 Å². The van der Waals surface area contributed by atoms with Gasteiger partial charge in [0.25, 0.3) is 5.91 Å². The van der Waals surface area contributed by atoms with Crippen LogP contribution in [0.5, 0.6) is 0 Å². The van der Waals surface area contributed by atoms with E-state index in [-0.39, 0.29) is 23.3 Å². The first-order valence-electron chi connectivity index (χ1n) is 7.30. The van der Waals surface area contributed by atoms with Crippen LogP contribution in [0, 0.1) is 0 Å². The molecule has 0 spiro atoms. The van der Waals surface area contributed by atoms with Gasteiger partial charge in [0.2, 0.25) is 0 Å². The largest absolute Gasteiger partial charge is 0.478 e. The molecular formula is C16H17NO5. The fourth-order valence-corrected chi connectivity index (χ4v) is 2.86. The molecule has 1 amide bonds. The van der Waals surface area contributed by atoms with Crippen molar-refractivity contribution in [2.75, 3.05) is 0 Å². The van der Waals surface area contributed by atoms with Gasteiger partial charge in [0.05, 0.1) is 18.4 Å². The van der Waals surface area contributed by atoms with Gasteiger partial charge in [0, 0.05) is 12.1 Å². The number of carboxylic acids is 1. The van der Waals surface area contributed by atoms with Gasteiger partial charge in [-0.1, -0.05) is 12.8 Å². The van der Waals surface area contributed by atoms with E-state index in [1.54, 1.807) is 17.2 Å². The molecule has 0 unspecified atom stereocenters. The highest BCUT2D eigenvalue weighted by atomic mass is 16.4. The van der Waals surface area contributed by atoms with E-state index in [0.717, 1.165) is 31.9 Å². The third kappa shape index (κ3) is 2.90. The lowest BCUT2D eigenvalue weighted by atomic mass is 10.2. The number of rotatable bonds is 5. The Labute approximate surface area is 127 Å².